The highest BCUT2D eigenvalue weighted by Gasteiger charge is 2.15. The molecule has 4 nitrogen and oxygen atoms in total. The Balaban J connectivity index is 2.27. The lowest BCUT2D eigenvalue weighted by molar-refractivity contribution is 0.0801. The summed E-state index contributed by atoms with van der Waals surface area (Å²) in [6.45, 7) is 1.22. The quantitative estimate of drug-likeness (QED) is 0.762. The number of rotatable bonds is 3. The molecule has 1 aliphatic rings. The molecule has 1 aliphatic heterocycles. The van der Waals surface area contributed by atoms with E-state index >= 15 is 0 Å². The van der Waals surface area contributed by atoms with Crippen LogP contribution in [0.5, 0.6) is 11.5 Å². The normalized spacial score (nSPS) is 16.1. The summed E-state index contributed by atoms with van der Waals surface area (Å²) in [5, 5.41) is 3.06. The summed E-state index contributed by atoms with van der Waals surface area (Å²) < 4.78 is 16.2. The number of hydrogen-bond acceptors (Lipinski definition) is 4. The van der Waals surface area contributed by atoms with Crippen molar-refractivity contribution < 1.29 is 14.2 Å². The average molecular weight is 209 g/mol. The topological polar surface area (TPSA) is 39.7 Å². The largest absolute Gasteiger partial charge is 0.486 e. The lowest BCUT2D eigenvalue weighted by Gasteiger charge is -2.21. The van der Waals surface area contributed by atoms with Crippen molar-refractivity contribution >= 4 is 0 Å². The molecule has 1 aromatic rings. The lowest BCUT2D eigenvalue weighted by atomic mass is 10.1. The molecule has 0 aliphatic carbocycles. The van der Waals surface area contributed by atoms with Gasteiger partial charge in [-0.25, -0.2) is 0 Å². The zero-order valence-corrected chi connectivity index (χ0v) is 8.95. The fraction of sp³-hybridized carbons (Fsp3) is 0.455. The van der Waals surface area contributed by atoms with Crippen molar-refractivity contribution in [2.24, 2.45) is 0 Å². The fourth-order valence-corrected chi connectivity index (χ4v) is 1.64. The molecule has 1 atom stereocenters. The highest BCUT2D eigenvalue weighted by Crippen LogP contribution is 2.32. The van der Waals surface area contributed by atoms with Gasteiger partial charge in [-0.1, -0.05) is 6.07 Å². The standard InChI is InChI=1S/C11H15NO3/c1-12-11(13-2)8-3-4-9-10(7-8)15-6-5-14-9/h3-4,7,11-12H,5-6H2,1-2H3. The molecule has 0 saturated carbocycles. The third-order valence-corrected chi connectivity index (χ3v) is 2.37. The van der Waals surface area contributed by atoms with E-state index < -0.39 is 0 Å². The Morgan fingerprint density at radius 3 is 2.67 bits per heavy atom. The molecule has 0 aromatic heterocycles. The second-order valence-corrected chi connectivity index (χ2v) is 3.31. The van der Waals surface area contributed by atoms with Gasteiger partial charge in [0.25, 0.3) is 0 Å². The molecule has 1 unspecified atom stereocenters. The molecule has 1 aromatic carbocycles. The van der Waals surface area contributed by atoms with Gasteiger partial charge in [-0.05, 0) is 24.7 Å². The van der Waals surface area contributed by atoms with Gasteiger partial charge in [0.2, 0.25) is 0 Å². The predicted molar refractivity (Wildman–Crippen MR) is 56.2 cm³/mol. The second-order valence-electron chi connectivity index (χ2n) is 3.31. The van der Waals surface area contributed by atoms with E-state index in [4.69, 9.17) is 14.2 Å². The number of benzene rings is 1. The van der Waals surface area contributed by atoms with Gasteiger partial charge < -0.3 is 14.2 Å². The number of ether oxygens (including phenoxy) is 3. The molecule has 1 heterocycles. The van der Waals surface area contributed by atoms with Crippen LogP contribution in [0.3, 0.4) is 0 Å². The molecule has 0 spiro atoms. The van der Waals surface area contributed by atoms with E-state index in [2.05, 4.69) is 5.32 Å². The average Bonchev–Trinajstić information content (AvgIpc) is 2.30. The Labute approximate surface area is 89.1 Å². The Morgan fingerprint density at radius 1 is 1.27 bits per heavy atom. The highest BCUT2D eigenvalue weighted by atomic mass is 16.6. The van der Waals surface area contributed by atoms with Gasteiger partial charge in [0.15, 0.2) is 11.5 Å². The molecule has 15 heavy (non-hydrogen) atoms. The van der Waals surface area contributed by atoms with E-state index in [0.717, 1.165) is 17.1 Å². The summed E-state index contributed by atoms with van der Waals surface area (Å²) in [7, 11) is 3.52. The summed E-state index contributed by atoms with van der Waals surface area (Å²) in [5.74, 6) is 1.59. The highest BCUT2D eigenvalue weighted by molar-refractivity contribution is 5.44. The first-order valence-electron chi connectivity index (χ1n) is 4.94. The monoisotopic (exact) mass is 209 g/mol. The molecular weight excluding hydrogens is 194 g/mol. The van der Waals surface area contributed by atoms with Crippen LogP contribution < -0.4 is 14.8 Å². The van der Waals surface area contributed by atoms with Crippen LogP contribution in [0.25, 0.3) is 0 Å². The third kappa shape index (κ3) is 2.06. The van der Waals surface area contributed by atoms with Crippen molar-refractivity contribution in [2.45, 2.75) is 6.23 Å². The van der Waals surface area contributed by atoms with Crippen LogP contribution in [-0.2, 0) is 4.74 Å². The van der Waals surface area contributed by atoms with Crippen molar-refractivity contribution in [2.75, 3.05) is 27.4 Å². The molecule has 2 rings (SSSR count). The maximum atomic E-state index is 5.49. The molecule has 1 N–H and O–H groups in total. The second kappa shape index (κ2) is 4.51. The van der Waals surface area contributed by atoms with Crippen LogP contribution >= 0.6 is 0 Å². The van der Waals surface area contributed by atoms with Crippen molar-refractivity contribution in [3.05, 3.63) is 23.8 Å². The summed E-state index contributed by atoms with van der Waals surface area (Å²) in [6, 6.07) is 5.82. The van der Waals surface area contributed by atoms with Crippen LogP contribution in [0.2, 0.25) is 0 Å². The van der Waals surface area contributed by atoms with Crippen LogP contribution in [0, 0.1) is 0 Å². The third-order valence-electron chi connectivity index (χ3n) is 2.37. The Kier molecular flexibility index (Phi) is 3.08. The minimum Gasteiger partial charge on any atom is -0.486 e. The van der Waals surface area contributed by atoms with Crippen molar-refractivity contribution in [3.8, 4) is 11.5 Å². The minimum absolute atomic E-state index is 0.110. The molecule has 0 bridgehead atoms. The smallest absolute Gasteiger partial charge is 0.161 e. The van der Waals surface area contributed by atoms with Gasteiger partial charge in [0.05, 0.1) is 0 Å². The number of methoxy groups -OCH3 is 1. The fourth-order valence-electron chi connectivity index (χ4n) is 1.64. The molecule has 0 amide bonds. The maximum Gasteiger partial charge on any atom is 0.161 e. The van der Waals surface area contributed by atoms with E-state index in [9.17, 15) is 0 Å². The summed E-state index contributed by atoms with van der Waals surface area (Å²) in [5.41, 5.74) is 1.03. The van der Waals surface area contributed by atoms with Gasteiger partial charge in [-0.2, -0.15) is 0 Å². The van der Waals surface area contributed by atoms with Crippen molar-refractivity contribution in [1.82, 2.24) is 5.32 Å². The predicted octanol–water partition coefficient (Wildman–Crippen LogP) is 1.32. The number of hydrogen-bond donors (Lipinski definition) is 1. The van der Waals surface area contributed by atoms with E-state index in [1.807, 2.05) is 25.2 Å². The van der Waals surface area contributed by atoms with E-state index in [1.165, 1.54) is 0 Å². The number of nitrogens with one attached hydrogen (secondary N) is 1. The van der Waals surface area contributed by atoms with Gasteiger partial charge in [0, 0.05) is 7.11 Å². The first-order chi connectivity index (χ1) is 7.35. The van der Waals surface area contributed by atoms with Crippen LogP contribution in [0.15, 0.2) is 18.2 Å². The zero-order valence-electron chi connectivity index (χ0n) is 8.95. The Hall–Kier alpha value is -1.26. The van der Waals surface area contributed by atoms with Gasteiger partial charge in [0.1, 0.15) is 19.4 Å². The van der Waals surface area contributed by atoms with Crippen LogP contribution in [0.4, 0.5) is 0 Å². The maximum absolute atomic E-state index is 5.49. The molecule has 0 radical (unpaired) electrons. The van der Waals surface area contributed by atoms with Crippen LogP contribution in [0.1, 0.15) is 11.8 Å². The zero-order chi connectivity index (χ0) is 10.7. The van der Waals surface area contributed by atoms with Gasteiger partial charge in [-0.3, -0.25) is 5.32 Å². The van der Waals surface area contributed by atoms with Crippen molar-refractivity contribution in [3.63, 3.8) is 0 Å². The first kappa shape index (κ1) is 10.3. The van der Waals surface area contributed by atoms with Crippen molar-refractivity contribution in [1.29, 1.82) is 0 Å². The SMILES string of the molecule is CNC(OC)c1ccc2c(c1)OCCO2. The van der Waals surface area contributed by atoms with E-state index in [-0.39, 0.29) is 6.23 Å². The Morgan fingerprint density at radius 2 is 2.00 bits per heavy atom. The molecule has 0 saturated heterocycles. The molecular formula is C11H15NO3. The number of fused-ring (bicyclic) bond motifs is 1. The minimum atomic E-state index is -0.110. The summed E-state index contributed by atoms with van der Waals surface area (Å²) in [6.07, 6.45) is -0.110. The molecule has 0 fully saturated rings. The Bertz CT molecular complexity index is 337. The van der Waals surface area contributed by atoms with Gasteiger partial charge >= 0.3 is 0 Å². The summed E-state index contributed by atoms with van der Waals surface area (Å²) in [4.78, 5) is 0. The molecule has 4 heteroatoms. The van der Waals surface area contributed by atoms with E-state index in [1.54, 1.807) is 7.11 Å². The lowest BCUT2D eigenvalue weighted by Crippen LogP contribution is -2.19. The molecule has 82 valence electrons. The van der Waals surface area contributed by atoms with Crippen LogP contribution in [-0.4, -0.2) is 27.4 Å². The van der Waals surface area contributed by atoms with E-state index in [0.29, 0.717) is 13.2 Å². The summed E-state index contributed by atoms with van der Waals surface area (Å²) >= 11 is 0. The first-order valence-corrected chi connectivity index (χ1v) is 4.94. The van der Waals surface area contributed by atoms with Gasteiger partial charge in [-0.15, -0.1) is 0 Å².